The van der Waals surface area contributed by atoms with E-state index in [0.717, 1.165) is 5.75 Å². The van der Waals surface area contributed by atoms with E-state index in [-0.39, 0.29) is 12.2 Å². The first kappa shape index (κ1) is 10.4. The number of halogens is 1. The quantitative estimate of drug-likeness (QED) is 0.762. The molecule has 0 aliphatic carbocycles. The summed E-state index contributed by atoms with van der Waals surface area (Å²) in [6, 6.07) is 4.14. The second-order valence-corrected chi connectivity index (χ2v) is 4.35. The largest absolute Gasteiger partial charge is 0.482 e. The van der Waals surface area contributed by atoms with Crippen molar-refractivity contribution in [3.05, 3.63) is 28.8 Å². The third-order valence-corrected chi connectivity index (χ3v) is 2.96. The molecule has 0 N–H and O–H groups in total. The zero-order valence-corrected chi connectivity index (χ0v) is 9.26. The average molecular weight is 210 g/mol. The Hall–Kier alpha value is -1.09. The Bertz CT molecular complexity index is 372. The van der Waals surface area contributed by atoms with E-state index in [4.69, 9.17) is 4.74 Å². The van der Waals surface area contributed by atoms with Crippen LogP contribution in [0.3, 0.4) is 0 Å². The Labute approximate surface area is 88.9 Å². The van der Waals surface area contributed by atoms with E-state index in [1.165, 1.54) is 16.7 Å². The Kier molecular flexibility index (Phi) is 2.43. The Morgan fingerprint density at radius 1 is 1.40 bits per heavy atom. The maximum Gasteiger partial charge on any atom is 0.137 e. The molecule has 1 atom stereocenters. The maximum absolute atomic E-state index is 11.7. The van der Waals surface area contributed by atoms with Crippen LogP contribution in [0.2, 0.25) is 0 Å². The molecule has 82 valence electrons. The minimum Gasteiger partial charge on any atom is -0.482 e. The van der Waals surface area contributed by atoms with Gasteiger partial charge in [-0.1, -0.05) is 6.07 Å². The number of rotatable bonds is 3. The first-order chi connectivity index (χ1) is 7.07. The molecule has 0 bridgehead atoms. The number of hydrogen-bond donors (Lipinski definition) is 0. The molecule has 1 aromatic rings. The van der Waals surface area contributed by atoms with Gasteiger partial charge in [-0.05, 0) is 42.5 Å². The Morgan fingerprint density at radius 3 is 2.73 bits per heavy atom. The van der Waals surface area contributed by atoms with Crippen molar-refractivity contribution in [2.75, 3.05) is 6.61 Å². The third kappa shape index (κ3) is 1.61. The molecule has 1 aliphatic heterocycles. The van der Waals surface area contributed by atoms with Gasteiger partial charge in [0.25, 0.3) is 0 Å². The number of benzene rings is 1. The molecule has 0 amide bonds. The lowest BCUT2D eigenvalue weighted by Crippen LogP contribution is -2.40. The average Bonchev–Trinajstić information content (AvgIpc) is 2.11. The lowest BCUT2D eigenvalue weighted by Gasteiger charge is -2.42. The van der Waals surface area contributed by atoms with Gasteiger partial charge >= 0.3 is 0 Å². The van der Waals surface area contributed by atoms with Gasteiger partial charge in [0.1, 0.15) is 11.4 Å². The van der Waals surface area contributed by atoms with Crippen molar-refractivity contribution in [3.63, 3.8) is 0 Å². The van der Waals surface area contributed by atoms with Crippen molar-refractivity contribution in [2.45, 2.75) is 32.8 Å². The van der Waals surface area contributed by atoms with Gasteiger partial charge in [0.2, 0.25) is 0 Å². The Morgan fingerprint density at radius 2 is 2.13 bits per heavy atom. The summed E-state index contributed by atoms with van der Waals surface area (Å²) in [6.07, 6.45) is 0.542. The van der Waals surface area contributed by atoms with Crippen molar-refractivity contribution in [2.24, 2.45) is 0 Å². The summed E-state index contributed by atoms with van der Waals surface area (Å²) < 4.78 is 17.4. The van der Waals surface area contributed by atoms with E-state index in [0.29, 0.717) is 6.42 Å². The summed E-state index contributed by atoms with van der Waals surface area (Å²) in [7, 11) is 0. The summed E-state index contributed by atoms with van der Waals surface area (Å²) in [5.74, 6) is 0.925. The van der Waals surface area contributed by atoms with Crippen LogP contribution in [0.4, 0.5) is 4.53 Å². The van der Waals surface area contributed by atoms with E-state index in [2.05, 4.69) is 17.9 Å². The van der Waals surface area contributed by atoms with Gasteiger partial charge in [0.15, 0.2) is 0 Å². The minimum atomic E-state index is -0.376. The first-order valence-corrected chi connectivity index (χ1v) is 5.11. The van der Waals surface area contributed by atoms with E-state index >= 15 is 0 Å². The zero-order valence-electron chi connectivity index (χ0n) is 9.26. The van der Waals surface area contributed by atoms with Gasteiger partial charge in [-0.3, -0.25) is 0 Å². The smallest absolute Gasteiger partial charge is 0.137 e. The summed E-state index contributed by atoms with van der Waals surface area (Å²) in [5.41, 5.74) is 3.21. The van der Waals surface area contributed by atoms with Crippen LogP contribution in [0.5, 0.6) is 5.75 Å². The molecule has 3 heteroatoms. The maximum atomic E-state index is 11.7. The van der Waals surface area contributed by atoms with Gasteiger partial charge in [-0.25, -0.2) is 0 Å². The van der Waals surface area contributed by atoms with Crippen LogP contribution in [0, 0.1) is 13.8 Å². The molecule has 0 spiro atoms. The molecule has 0 fully saturated rings. The van der Waals surface area contributed by atoms with Crippen LogP contribution in [-0.4, -0.2) is 6.61 Å². The van der Waals surface area contributed by atoms with Gasteiger partial charge in [-0.2, -0.15) is 4.94 Å². The second kappa shape index (κ2) is 3.49. The third-order valence-electron chi connectivity index (χ3n) is 2.96. The molecule has 1 aliphatic rings. The molecule has 2 nitrogen and oxygen atoms in total. The summed E-state index contributed by atoms with van der Waals surface area (Å²) in [5, 5.41) is 0. The molecule has 2 rings (SSSR count). The summed E-state index contributed by atoms with van der Waals surface area (Å²) in [4.78, 5) is 3.61. The zero-order chi connectivity index (χ0) is 11.1. The van der Waals surface area contributed by atoms with Gasteiger partial charge in [0.05, 0.1) is 6.61 Å². The standard InChI is InChI=1S/C12H15FO2/c1-8-6-9(2)11-10(7-8)15-12(11,3)4-5-14-13/h6-7H,4-5H2,1-3H3. The SMILES string of the molecule is Cc1cc(C)c2c(c1)OC2(C)CCOF. The van der Waals surface area contributed by atoms with Gasteiger partial charge < -0.3 is 4.74 Å². The van der Waals surface area contributed by atoms with Gasteiger partial charge in [-0.15, -0.1) is 0 Å². The van der Waals surface area contributed by atoms with E-state index in [1.807, 2.05) is 19.9 Å². The van der Waals surface area contributed by atoms with E-state index < -0.39 is 0 Å². The van der Waals surface area contributed by atoms with Crippen molar-refractivity contribution >= 4 is 0 Å². The molecule has 0 aromatic heterocycles. The van der Waals surface area contributed by atoms with Crippen LogP contribution >= 0.6 is 0 Å². The minimum absolute atomic E-state index is 0.0727. The second-order valence-electron chi connectivity index (χ2n) is 4.35. The topological polar surface area (TPSA) is 18.5 Å². The number of hydrogen-bond acceptors (Lipinski definition) is 2. The predicted octanol–water partition coefficient (Wildman–Crippen LogP) is 3.20. The van der Waals surface area contributed by atoms with Gasteiger partial charge in [0, 0.05) is 12.0 Å². The van der Waals surface area contributed by atoms with Crippen LogP contribution in [0.15, 0.2) is 12.1 Å². The molecule has 1 unspecified atom stereocenters. The van der Waals surface area contributed by atoms with E-state index in [1.54, 1.807) is 0 Å². The predicted molar refractivity (Wildman–Crippen MR) is 55.6 cm³/mol. The lowest BCUT2D eigenvalue weighted by molar-refractivity contribution is -0.148. The molecule has 0 saturated carbocycles. The molecule has 1 aromatic carbocycles. The number of fused-ring (bicyclic) bond motifs is 1. The van der Waals surface area contributed by atoms with Crippen LogP contribution in [0.1, 0.15) is 30.0 Å². The fraction of sp³-hybridized carbons (Fsp3) is 0.500. The highest BCUT2D eigenvalue weighted by atomic mass is 19.3. The highest BCUT2D eigenvalue weighted by Crippen LogP contribution is 2.48. The van der Waals surface area contributed by atoms with Crippen LogP contribution in [-0.2, 0) is 10.5 Å². The number of aryl methyl sites for hydroxylation is 2. The Balaban J connectivity index is 2.29. The van der Waals surface area contributed by atoms with E-state index in [9.17, 15) is 4.53 Å². The normalized spacial score (nSPS) is 22.9. The molecule has 1 heterocycles. The summed E-state index contributed by atoms with van der Waals surface area (Å²) in [6.45, 7) is 6.14. The molecular formula is C12H15FO2. The molecule has 15 heavy (non-hydrogen) atoms. The van der Waals surface area contributed by atoms with Crippen molar-refractivity contribution in [1.29, 1.82) is 0 Å². The van der Waals surface area contributed by atoms with Crippen molar-refractivity contribution in [3.8, 4) is 5.75 Å². The molecule has 0 saturated heterocycles. The summed E-state index contributed by atoms with van der Waals surface area (Å²) >= 11 is 0. The monoisotopic (exact) mass is 210 g/mol. The molecule has 0 radical (unpaired) electrons. The highest BCUT2D eigenvalue weighted by Gasteiger charge is 2.42. The number of ether oxygens (including phenoxy) is 1. The van der Waals surface area contributed by atoms with Crippen LogP contribution < -0.4 is 4.74 Å². The van der Waals surface area contributed by atoms with Crippen LogP contribution in [0.25, 0.3) is 0 Å². The van der Waals surface area contributed by atoms with Crippen molar-refractivity contribution in [1.82, 2.24) is 0 Å². The highest BCUT2D eigenvalue weighted by molar-refractivity contribution is 5.52. The lowest BCUT2D eigenvalue weighted by atomic mass is 9.83. The first-order valence-electron chi connectivity index (χ1n) is 5.11. The molecular weight excluding hydrogens is 195 g/mol. The van der Waals surface area contributed by atoms with Crippen molar-refractivity contribution < 1.29 is 14.2 Å². The fourth-order valence-electron chi connectivity index (χ4n) is 2.34. The fourth-order valence-corrected chi connectivity index (χ4v) is 2.34.